The second kappa shape index (κ2) is 9.41. The van der Waals surface area contributed by atoms with Crippen LogP contribution in [0.5, 0.6) is 0 Å². The number of imidazole rings is 1. The highest BCUT2D eigenvalue weighted by Crippen LogP contribution is 2.39. The van der Waals surface area contributed by atoms with Gasteiger partial charge in [0.25, 0.3) is 0 Å². The lowest BCUT2D eigenvalue weighted by Crippen LogP contribution is -2.33. The number of fused-ring (bicyclic) bond motifs is 1. The summed E-state index contributed by atoms with van der Waals surface area (Å²) in [6.45, 7) is -0.608. The Balaban J connectivity index is 1.52. The minimum Gasteiger partial charge on any atom is -0.387 e. The fraction of sp³-hybridized carbons (Fsp3) is 0.389. The number of nitrogens with zero attached hydrogens (tertiary/aromatic N) is 4. The number of aliphatic hydroxyl groups is 2. The van der Waals surface area contributed by atoms with E-state index in [1.54, 1.807) is 0 Å². The number of aromatic nitrogens is 4. The maximum Gasteiger partial charge on any atom is 0.469 e. The highest BCUT2D eigenvalue weighted by molar-refractivity contribution is 7.99. The Morgan fingerprint density at radius 1 is 1.19 bits per heavy atom. The molecule has 1 aliphatic rings. The normalized spacial score (nSPS) is 23.8. The van der Waals surface area contributed by atoms with Crippen LogP contribution in [-0.2, 0) is 20.2 Å². The molecule has 1 fully saturated rings. The average molecular weight is 483 g/mol. The Kier molecular flexibility index (Phi) is 6.79. The predicted molar refractivity (Wildman–Crippen MR) is 115 cm³/mol. The van der Waals surface area contributed by atoms with E-state index in [1.807, 2.05) is 30.3 Å². The summed E-state index contributed by atoms with van der Waals surface area (Å²) in [4.78, 5) is 30.7. The van der Waals surface area contributed by atoms with Gasteiger partial charge in [-0.25, -0.2) is 19.5 Å². The van der Waals surface area contributed by atoms with Crippen LogP contribution in [0.2, 0.25) is 0 Å². The molecule has 14 heteroatoms. The number of phosphoric ester groups is 1. The zero-order chi connectivity index (χ0) is 22.9. The number of nitrogen functional groups attached to an aromatic ring is 1. The van der Waals surface area contributed by atoms with E-state index in [0.717, 1.165) is 6.42 Å². The van der Waals surface area contributed by atoms with Crippen LogP contribution in [0.3, 0.4) is 0 Å². The Morgan fingerprint density at radius 3 is 2.66 bits per heavy atom. The maximum absolute atomic E-state index is 10.9. The molecular formula is C18H22N5O7PS. The van der Waals surface area contributed by atoms with Crippen molar-refractivity contribution in [2.75, 3.05) is 18.1 Å². The number of hydrogen-bond acceptors (Lipinski definition) is 10. The fourth-order valence-electron chi connectivity index (χ4n) is 3.34. The second-order valence-corrected chi connectivity index (χ2v) is 9.43. The molecule has 1 aliphatic heterocycles. The van der Waals surface area contributed by atoms with Crippen LogP contribution in [0.15, 0.2) is 41.8 Å². The van der Waals surface area contributed by atoms with Crippen LogP contribution in [0.25, 0.3) is 11.2 Å². The number of thioether (sulfide) groups is 1. The number of anilines is 1. The van der Waals surface area contributed by atoms with Crippen molar-refractivity contribution in [1.29, 1.82) is 0 Å². The Bertz CT molecular complexity index is 1130. The van der Waals surface area contributed by atoms with Crippen molar-refractivity contribution >= 4 is 36.6 Å². The lowest BCUT2D eigenvalue weighted by atomic mass is 10.1. The molecule has 1 aromatic carbocycles. The molecule has 0 unspecified atom stereocenters. The first kappa shape index (κ1) is 23.1. The standard InChI is InChI=1S/C18H22N5O7PS/c19-15-12-16(22-18(21-15)32-7-6-10-4-2-1-3-5-10)23(9-20-12)17-14(25)13(24)11(30-17)8-29-31(26,27)28/h1-5,9,11,13-14,17,24-25H,6-8H2,(H2,19,21,22)(H2,26,27,28)/t11-,13-,14-,17-/m1/s1. The van der Waals surface area contributed by atoms with Crippen molar-refractivity contribution in [1.82, 2.24) is 19.5 Å². The number of nitrogens with two attached hydrogens (primary N) is 1. The van der Waals surface area contributed by atoms with E-state index in [0.29, 0.717) is 22.1 Å². The van der Waals surface area contributed by atoms with Crippen LogP contribution < -0.4 is 5.73 Å². The van der Waals surface area contributed by atoms with Crippen LogP contribution in [-0.4, -0.2) is 70.2 Å². The van der Waals surface area contributed by atoms with Crippen molar-refractivity contribution in [3.63, 3.8) is 0 Å². The minimum atomic E-state index is -4.76. The average Bonchev–Trinajstić information content (AvgIpc) is 3.29. The van der Waals surface area contributed by atoms with Gasteiger partial charge < -0.3 is 30.5 Å². The quantitative estimate of drug-likeness (QED) is 0.170. The van der Waals surface area contributed by atoms with Gasteiger partial charge in [0.2, 0.25) is 0 Å². The summed E-state index contributed by atoms with van der Waals surface area (Å²) < 4.78 is 22.3. The highest BCUT2D eigenvalue weighted by atomic mass is 32.2. The Morgan fingerprint density at radius 2 is 1.94 bits per heavy atom. The largest absolute Gasteiger partial charge is 0.469 e. The van der Waals surface area contributed by atoms with E-state index < -0.39 is 39.0 Å². The summed E-state index contributed by atoms with van der Waals surface area (Å²) in [5.74, 6) is 0.872. The molecule has 3 aromatic rings. The molecule has 0 spiro atoms. The Hall–Kier alpha value is -2.09. The van der Waals surface area contributed by atoms with Crippen molar-refractivity contribution in [2.45, 2.75) is 36.1 Å². The van der Waals surface area contributed by atoms with Crippen molar-refractivity contribution < 1.29 is 33.8 Å². The van der Waals surface area contributed by atoms with Crippen LogP contribution in [0.4, 0.5) is 5.82 Å². The molecule has 1 saturated heterocycles. The van der Waals surface area contributed by atoms with Gasteiger partial charge in [0.05, 0.1) is 12.9 Å². The van der Waals surface area contributed by atoms with E-state index in [1.165, 1.54) is 28.2 Å². The van der Waals surface area contributed by atoms with Crippen molar-refractivity contribution in [3.8, 4) is 0 Å². The Labute approximate surface area is 186 Å². The van der Waals surface area contributed by atoms with Gasteiger partial charge in [-0.2, -0.15) is 0 Å². The minimum absolute atomic E-state index is 0.158. The molecule has 32 heavy (non-hydrogen) atoms. The molecule has 172 valence electrons. The van der Waals surface area contributed by atoms with Crippen molar-refractivity contribution in [3.05, 3.63) is 42.2 Å². The van der Waals surface area contributed by atoms with E-state index >= 15 is 0 Å². The molecule has 2 aromatic heterocycles. The van der Waals surface area contributed by atoms with Gasteiger partial charge in [0.15, 0.2) is 22.8 Å². The van der Waals surface area contributed by atoms with Crippen LogP contribution in [0.1, 0.15) is 11.8 Å². The van der Waals surface area contributed by atoms with Gasteiger partial charge in [-0.3, -0.25) is 9.09 Å². The summed E-state index contributed by atoms with van der Waals surface area (Å²) in [5, 5.41) is 21.1. The number of aryl methyl sites for hydroxylation is 1. The lowest BCUT2D eigenvalue weighted by molar-refractivity contribution is -0.0504. The third-order valence-corrected chi connectivity index (χ3v) is 6.25. The monoisotopic (exact) mass is 483 g/mol. The molecule has 0 amide bonds. The van der Waals surface area contributed by atoms with E-state index in [4.69, 9.17) is 20.3 Å². The third kappa shape index (κ3) is 5.11. The molecule has 12 nitrogen and oxygen atoms in total. The van der Waals surface area contributed by atoms with Gasteiger partial charge in [-0.15, -0.1) is 0 Å². The van der Waals surface area contributed by atoms with Gasteiger partial charge in [-0.05, 0) is 12.0 Å². The van der Waals surface area contributed by atoms with Crippen LogP contribution in [0, 0.1) is 0 Å². The van der Waals surface area contributed by atoms with E-state index in [2.05, 4.69) is 19.5 Å². The molecular weight excluding hydrogens is 461 g/mol. The van der Waals surface area contributed by atoms with Gasteiger partial charge >= 0.3 is 7.82 Å². The molecule has 0 saturated carbocycles. The topological polar surface area (TPSA) is 186 Å². The number of benzene rings is 1. The van der Waals surface area contributed by atoms with E-state index in [-0.39, 0.29) is 5.82 Å². The van der Waals surface area contributed by atoms with Gasteiger partial charge in [-0.1, -0.05) is 42.1 Å². The highest BCUT2D eigenvalue weighted by Gasteiger charge is 2.45. The number of ether oxygens (including phenoxy) is 1. The third-order valence-electron chi connectivity index (χ3n) is 4.91. The zero-order valence-electron chi connectivity index (χ0n) is 16.6. The molecule has 4 rings (SSSR count). The fourth-order valence-corrected chi connectivity index (χ4v) is 4.52. The summed E-state index contributed by atoms with van der Waals surface area (Å²) in [6, 6.07) is 9.96. The number of hydrogen-bond donors (Lipinski definition) is 5. The molecule has 3 heterocycles. The summed E-state index contributed by atoms with van der Waals surface area (Å²) in [7, 11) is -4.76. The van der Waals surface area contributed by atoms with Gasteiger partial charge in [0.1, 0.15) is 23.8 Å². The smallest absolute Gasteiger partial charge is 0.387 e. The molecule has 0 aliphatic carbocycles. The summed E-state index contributed by atoms with van der Waals surface area (Å²) in [5.41, 5.74) is 7.82. The number of rotatable bonds is 8. The first-order valence-electron chi connectivity index (χ1n) is 9.61. The lowest BCUT2D eigenvalue weighted by Gasteiger charge is -2.17. The SMILES string of the molecule is Nc1nc(SCCc2ccccc2)nc2c1ncn2[C@@H]1O[C@H](COP(=O)(O)O)[C@@H](O)[C@H]1O. The van der Waals surface area contributed by atoms with Crippen molar-refractivity contribution in [2.24, 2.45) is 0 Å². The molecule has 4 atom stereocenters. The molecule has 6 N–H and O–H groups in total. The second-order valence-electron chi connectivity index (χ2n) is 7.13. The number of phosphoric acid groups is 1. The van der Waals surface area contributed by atoms with Crippen LogP contribution >= 0.6 is 19.6 Å². The number of aliphatic hydroxyl groups excluding tert-OH is 2. The first-order valence-corrected chi connectivity index (χ1v) is 12.1. The molecule has 0 bridgehead atoms. The zero-order valence-corrected chi connectivity index (χ0v) is 18.3. The summed E-state index contributed by atoms with van der Waals surface area (Å²) in [6.07, 6.45) is -2.98. The maximum atomic E-state index is 10.9. The summed E-state index contributed by atoms with van der Waals surface area (Å²) >= 11 is 1.41. The van der Waals surface area contributed by atoms with Gasteiger partial charge in [0, 0.05) is 5.75 Å². The predicted octanol–water partition coefficient (Wildman–Crippen LogP) is 0.472. The molecule has 0 radical (unpaired) electrons. The van der Waals surface area contributed by atoms with E-state index in [9.17, 15) is 14.8 Å². The first-order chi connectivity index (χ1) is 15.2.